The fraction of sp³-hybridized carbons (Fsp3) is 0.700. The van der Waals surface area contributed by atoms with E-state index in [0.717, 1.165) is 12.8 Å². The van der Waals surface area contributed by atoms with Crippen molar-refractivity contribution in [1.82, 2.24) is 14.3 Å². The molecule has 0 saturated carbocycles. The topological polar surface area (TPSA) is 90.0 Å². The van der Waals surface area contributed by atoms with E-state index in [9.17, 15) is 8.42 Å². The maximum Gasteiger partial charge on any atom is 0.259 e. The van der Waals surface area contributed by atoms with E-state index in [2.05, 4.69) is 9.71 Å². The van der Waals surface area contributed by atoms with E-state index in [1.165, 1.54) is 12.5 Å². The highest BCUT2D eigenvalue weighted by Crippen LogP contribution is 2.05. The zero-order chi connectivity index (χ0) is 12.9. The molecule has 0 bridgehead atoms. The van der Waals surface area contributed by atoms with Gasteiger partial charge in [-0.3, -0.25) is 0 Å². The van der Waals surface area contributed by atoms with E-state index in [0.29, 0.717) is 13.1 Å². The Labute approximate surface area is 102 Å². The summed E-state index contributed by atoms with van der Waals surface area (Å²) in [6, 6.07) is 0.0961. The highest BCUT2D eigenvalue weighted by molar-refractivity contribution is 7.89. The molecule has 0 aliphatic heterocycles. The van der Waals surface area contributed by atoms with Gasteiger partial charge in [-0.15, -0.1) is 0 Å². The Balaban J connectivity index is 2.51. The second kappa shape index (κ2) is 6.13. The summed E-state index contributed by atoms with van der Waals surface area (Å²) in [7, 11) is -3.47. The van der Waals surface area contributed by atoms with Crippen LogP contribution in [0.5, 0.6) is 0 Å². The largest absolute Gasteiger partial charge is 0.336 e. The SMILES string of the molecule is CCn1cnc(S(=O)(=O)NCCCC(C)N)c1. The molecule has 3 N–H and O–H groups in total. The summed E-state index contributed by atoms with van der Waals surface area (Å²) in [5.41, 5.74) is 5.58. The molecule has 6 nitrogen and oxygen atoms in total. The average Bonchev–Trinajstić information content (AvgIpc) is 2.73. The lowest BCUT2D eigenvalue weighted by molar-refractivity contribution is 0.565. The highest BCUT2D eigenvalue weighted by atomic mass is 32.2. The molecule has 1 aromatic heterocycles. The van der Waals surface area contributed by atoms with Gasteiger partial charge in [-0.1, -0.05) is 0 Å². The molecule has 0 radical (unpaired) electrons. The highest BCUT2D eigenvalue weighted by Gasteiger charge is 2.16. The number of sulfonamides is 1. The van der Waals surface area contributed by atoms with Gasteiger partial charge < -0.3 is 10.3 Å². The summed E-state index contributed by atoms with van der Waals surface area (Å²) in [5.74, 6) is 0. The van der Waals surface area contributed by atoms with Gasteiger partial charge in [-0.2, -0.15) is 0 Å². The number of aromatic nitrogens is 2. The van der Waals surface area contributed by atoms with Crippen LogP contribution in [0.1, 0.15) is 26.7 Å². The second-order valence-corrected chi connectivity index (χ2v) is 5.77. The minimum absolute atomic E-state index is 0.0696. The number of hydrogen-bond acceptors (Lipinski definition) is 4. The van der Waals surface area contributed by atoms with E-state index in [4.69, 9.17) is 5.73 Å². The quantitative estimate of drug-likeness (QED) is 0.690. The van der Waals surface area contributed by atoms with Crippen LogP contribution in [-0.4, -0.2) is 30.6 Å². The Morgan fingerprint density at radius 1 is 1.59 bits per heavy atom. The van der Waals surface area contributed by atoms with Gasteiger partial charge in [-0.25, -0.2) is 18.1 Å². The Kier molecular flexibility index (Phi) is 5.10. The standard InChI is InChI=1S/C10H20N4O2S/c1-3-14-7-10(12-8-14)17(15,16)13-6-4-5-9(2)11/h7-9,13H,3-6,11H2,1-2H3. The fourth-order valence-corrected chi connectivity index (χ4v) is 2.38. The number of rotatable bonds is 7. The molecule has 1 aromatic rings. The summed E-state index contributed by atoms with van der Waals surface area (Å²) in [6.07, 6.45) is 4.56. The normalized spacial score (nSPS) is 13.8. The van der Waals surface area contributed by atoms with Gasteiger partial charge in [0.15, 0.2) is 5.03 Å². The third-order valence-corrected chi connectivity index (χ3v) is 3.72. The number of nitrogens with two attached hydrogens (primary N) is 1. The van der Waals surface area contributed by atoms with Crippen molar-refractivity contribution >= 4 is 10.0 Å². The van der Waals surface area contributed by atoms with Crippen LogP contribution in [0.4, 0.5) is 0 Å². The van der Waals surface area contributed by atoms with E-state index in [-0.39, 0.29) is 11.1 Å². The lowest BCUT2D eigenvalue weighted by atomic mass is 10.2. The molecule has 0 saturated heterocycles. The van der Waals surface area contributed by atoms with Gasteiger partial charge in [0.05, 0.1) is 6.33 Å². The molecule has 98 valence electrons. The summed E-state index contributed by atoms with van der Waals surface area (Å²) >= 11 is 0. The number of nitrogens with one attached hydrogen (secondary N) is 1. The monoisotopic (exact) mass is 260 g/mol. The molecule has 1 rings (SSSR count). The van der Waals surface area contributed by atoms with Crippen molar-refractivity contribution in [2.75, 3.05) is 6.54 Å². The van der Waals surface area contributed by atoms with E-state index in [1.54, 1.807) is 4.57 Å². The van der Waals surface area contributed by atoms with Gasteiger partial charge in [0.2, 0.25) is 0 Å². The van der Waals surface area contributed by atoms with E-state index in [1.807, 2.05) is 13.8 Å². The molecule has 0 aliphatic rings. The van der Waals surface area contributed by atoms with Crippen molar-refractivity contribution in [2.24, 2.45) is 5.73 Å². The van der Waals surface area contributed by atoms with E-state index >= 15 is 0 Å². The zero-order valence-corrected chi connectivity index (χ0v) is 11.1. The lowest BCUT2D eigenvalue weighted by Gasteiger charge is -2.06. The molecule has 7 heteroatoms. The van der Waals surface area contributed by atoms with Crippen LogP contribution >= 0.6 is 0 Å². The van der Waals surface area contributed by atoms with Crippen LogP contribution in [0.2, 0.25) is 0 Å². The van der Waals surface area contributed by atoms with Gasteiger partial charge >= 0.3 is 0 Å². The third-order valence-electron chi connectivity index (χ3n) is 2.38. The van der Waals surface area contributed by atoms with Crippen LogP contribution in [0, 0.1) is 0 Å². The number of aryl methyl sites for hydroxylation is 1. The molecule has 0 aromatic carbocycles. The van der Waals surface area contributed by atoms with Crippen molar-refractivity contribution in [2.45, 2.75) is 44.3 Å². The summed E-state index contributed by atoms with van der Waals surface area (Å²) in [4.78, 5) is 3.86. The van der Waals surface area contributed by atoms with Gasteiger partial charge in [0.25, 0.3) is 10.0 Å². The zero-order valence-electron chi connectivity index (χ0n) is 10.3. The number of imidazole rings is 1. The molecule has 0 spiro atoms. The summed E-state index contributed by atoms with van der Waals surface area (Å²) in [6.45, 7) is 4.92. The molecule has 0 fully saturated rings. The maximum absolute atomic E-state index is 11.8. The summed E-state index contributed by atoms with van der Waals surface area (Å²) in [5, 5.41) is 0.0696. The van der Waals surface area contributed by atoms with Crippen molar-refractivity contribution in [1.29, 1.82) is 0 Å². The predicted octanol–water partition coefficient (Wildman–Crippen LogP) is 0.309. The molecule has 17 heavy (non-hydrogen) atoms. The molecular formula is C10H20N4O2S. The van der Waals surface area contributed by atoms with Crippen LogP contribution in [0.15, 0.2) is 17.6 Å². The van der Waals surface area contributed by atoms with Crippen molar-refractivity contribution in [3.63, 3.8) is 0 Å². The summed E-state index contributed by atoms with van der Waals surface area (Å²) < 4.78 is 27.8. The molecule has 0 amide bonds. The van der Waals surface area contributed by atoms with Crippen molar-refractivity contribution in [3.05, 3.63) is 12.5 Å². The Morgan fingerprint density at radius 3 is 2.82 bits per heavy atom. The first-order valence-electron chi connectivity index (χ1n) is 5.72. The van der Waals surface area contributed by atoms with Crippen LogP contribution < -0.4 is 10.5 Å². The molecule has 1 atom stereocenters. The molecular weight excluding hydrogens is 240 g/mol. The maximum atomic E-state index is 11.8. The Hall–Kier alpha value is -0.920. The van der Waals surface area contributed by atoms with Crippen molar-refractivity contribution < 1.29 is 8.42 Å². The fourth-order valence-electron chi connectivity index (χ4n) is 1.36. The van der Waals surface area contributed by atoms with Crippen LogP contribution in [0.3, 0.4) is 0 Å². The first kappa shape index (κ1) is 14.1. The molecule has 1 heterocycles. The average molecular weight is 260 g/mol. The first-order chi connectivity index (χ1) is 7.95. The van der Waals surface area contributed by atoms with Crippen LogP contribution in [0.25, 0.3) is 0 Å². The minimum atomic E-state index is -3.47. The minimum Gasteiger partial charge on any atom is -0.336 e. The van der Waals surface area contributed by atoms with Gasteiger partial charge in [-0.05, 0) is 26.7 Å². The third kappa shape index (κ3) is 4.45. The smallest absolute Gasteiger partial charge is 0.259 e. The van der Waals surface area contributed by atoms with E-state index < -0.39 is 10.0 Å². The molecule has 0 aliphatic carbocycles. The van der Waals surface area contributed by atoms with Crippen molar-refractivity contribution in [3.8, 4) is 0 Å². The second-order valence-electron chi connectivity index (χ2n) is 4.06. The molecule has 1 unspecified atom stereocenters. The predicted molar refractivity (Wildman–Crippen MR) is 66.0 cm³/mol. The van der Waals surface area contributed by atoms with Gasteiger partial charge in [0, 0.05) is 25.3 Å². The Morgan fingerprint density at radius 2 is 2.29 bits per heavy atom. The van der Waals surface area contributed by atoms with Crippen LogP contribution in [-0.2, 0) is 16.6 Å². The number of hydrogen-bond donors (Lipinski definition) is 2. The lowest BCUT2D eigenvalue weighted by Crippen LogP contribution is -2.26. The number of nitrogens with zero attached hydrogens (tertiary/aromatic N) is 2. The Bertz CT molecular complexity index is 439. The van der Waals surface area contributed by atoms with Gasteiger partial charge in [0.1, 0.15) is 0 Å². The first-order valence-corrected chi connectivity index (χ1v) is 7.21.